The molecule has 6 heterocycles. The number of benzene rings is 4. The smallest absolute Gasteiger partial charge is 0.223 e. The summed E-state index contributed by atoms with van der Waals surface area (Å²) in [5, 5.41) is 0. The minimum Gasteiger partial charge on any atom is -0.457 e. The zero-order valence-electron chi connectivity index (χ0n) is 30.3. The predicted molar refractivity (Wildman–Crippen MR) is 208 cm³/mol. The first kappa shape index (κ1) is 31.1. The number of aromatic nitrogens is 10. The van der Waals surface area contributed by atoms with Gasteiger partial charge in [-0.2, -0.15) is 0 Å². The van der Waals surface area contributed by atoms with E-state index in [0.717, 1.165) is 79.0 Å². The number of ether oxygens (including phenoxy) is 1. The molecule has 0 atom stereocenters. The van der Waals surface area contributed by atoms with E-state index < -0.39 is 0 Å². The molecule has 10 rings (SSSR count). The molecule has 0 bridgehead atoms. The highest BCUT2D eigenvalue weighted by molar-refractivity contribution is 5.90. The second-order valence-corrected chi connectivity index (χ2v) is 15.5. The van der Waals surface area contributed by atoms with Crippen LogP contribution in [0.25, 0.3) is 67.6 Å². The number of fused-ring (bicyclic) bond motifs is 10. The van der Waals surface area contributed by atoms with Gasteiger partial charge < -0.3 is 4.74 Å². The first-order valence-electron chi connectivity index (χ1n) is 17.7. The van der Waals surface area contributed by atoms with Crippen LogP contribution in [0.1, 0.15) is 52.9 Å². The Morgan fingerprint density at radius 1 is 0.472 bits per heavy atom. The SMILES string of the molecule is CC(C)(C)c1cnc2c(n1)n(-c1cccc(Oc3cccc(-n4c5nc(C(C)(C)C)cnc5n5c6ccccc6nc45)c3)c1)c1nc3ccccc3n21. The molecule has 6 aromatic heterocycles. The molecule has 10 aromatic rings. The summed E-state index contributed by atoms with van der Waals surface area (Å²) in [6.07, 6.45) is 3.74. The molecule has 0 radical (unpaired) electrons. The Morgan fingerprint density at radius 3 is 1.34 bits per heavy atom. The van der Waals surface area contributed by atoms with E-state index in [0.29, 0.717) is 11.5 Å². The van der Waals surface area contributed by atoms with Crippen LogP contribution in [0.3, 0.4) is 0 Å². The molecule has 0 unspecified atom stereocenters. The molecular formula is C42H36N10O. The van der Waals surface area contributed by atoms with E-state index in [2.05, 4.69) is 71.6 Å². The normalized spacial score (nSPS) is 12.7. The predicted octanol–water partition coefficient (Wildman–Crippen LogP) is 9.14. The summed E-state index contributed by atoms with van der Waals surface area (Å²) in [4.78, 5) is 30.3. The number of hydrogen-bond acceptors (Lipinski definition) is 7. The van der Waals surface area contributed by atoms with E-state index in [9.17, 15) is 0 Å². The van der Waals surface area contributed by atoms with Crippen molar-refractivity contribution in [3.63, 3.8) is 0 Å². The molecule has 260 valence electrons. The van der Waals surface area contributed by atoms with Crippen molar-refractivity contribution in [2.45, 2.75) is 52.4 Å². The van der Waals surface area contributed by atoms with Gasteiger partial charge in [0.15, 0.2) is 22.6 Å². The van der Waals surface area contributed by atoms with Crippen molar-refractivity contribution >= 4 is 56.2 Å². The quantitative estimate of drug-likeness (QED) is 0.181. The lowest BCUT2D eigenvalue weighted by atomic mass is 9.93. The highest BCUT2D eigenvalue weighted by Crippen LogP contribution is 2.34. The van der Waals surface area contributed by atoms with Gasteiger partial charge >= 0.3 is 0 Å². The number of nitrogens with zero attached hydrogens (tertiary/aromatic N) is 10. The third-order valence-electron chi connectivity index (χ3n) is 9.73. The average molecular weight is 697 g/mol. The van der Waals surface area contributed by atoms with Crippen LogP contribution in [-0.4, -0.2) is 47.8 Å². The van der Waals surface area contributed by atoms with Crippen LogP contribution >= 0.6 is 0 Å². The van der Waals surface area contributed by atoms with Gasteiger partial charge in [0.2, 0.25) is 11.6 Å². The zero-order chi connectivity index (χ0) is 36.2. The molecular weight excluding hydrogens is 661 g/mol. The van der Waals surface area contributed by atoms with E-state index in [1.807, 2.05) is 97.3 Å². The molecule has 0 amide bonds. The van der Waals surface area contributed by atoms with Crippen LogP contribution in [0.2, 0.25) is 0 Å². The van der Waals surface area contributed by atoms with Crippen LogP contribution in [0, 0.1) is 0 Å². The maximum absolute atomic E-state index is 6.62. The van der Waals surface area contributed by atoms with Gasteiger partial charge in [-0.25, -0.2) is 29.9 Å². The third kappa shape index (κ3) is 4.80. The van der Waals surface area contributed by atoms with Gasteiger partial charge in [-0.1, -0.05) is 77.9 Å². The molecule has 0 aliphatic heterocycles. The van der Waals surface area contributed by atoms with Gasteiger partial charge in [-0.05, 0) is 48.5 Å². The van der Waals surface area contributed by atoms with Gasteiger partial charge in [0.1, 0.15) is 11.5 Å². The lowest BCUT2D eigenvalue weighted by Crippen LogP contribution is -2.14. The first-order chi connectivity index (χ1) is 25.5. The minimum atomic E-state index is -0.184. The van der Waals surface area contributed by atoms with Gasteiger partial charge in [0.25, 0.3) is 0 Å². The van der Waals surface area contributed by atoms with Gasteiger partial charge in [0.05, 0.1) is 57.2 Å². The standard InChI is InChI=1S/C42H36N10O/c1-41(2,3)33-23-43-35-37(47-33)49(39-45-29-17-7-9-19-31(29)51(35)39)25-13-11-15-27(21-25)53-28-16-12-14-26(22-28)50-38-36(44-24-34(48-38)42(4,5)6)52-32-20-10-8-18-30(32)46-40(50)52/h7-24H,1-6H3. The fourth-order valence-electron chi connectivity index (χ4n) is 7.00. The Bertz CT molecular complexity index is 2870. The Morgan fingerprint density at radius 2 is 0.906 bits per heavy atom. The number of para-hydroxylation sites is 4. The Hall–Kier alpha value is -6.62. The van der Waals surface area contributed by atoms with E-state index >= 15 is 0 Å². The van der Waals surface area contributed by atoms with Crippen molar-refractivity contribution in [2.24, 2.45) is 0 Å². The second kappa shape index (κ2) is 10.9. The molecule has 53 heavy (non-hydrogen) atoms. The largest absolute Gasteiger partial charge is 0.457 e. The zero-order valence-corrected chi connectivity index (χ0v) is 30.3. The molecule has 0 spiro atoms. The first-order valence-corrected chi connectivity index (χ1v) is 17.7. The highest BCUT2D eigenvalue weighted by Gasteiger charge is 2.25. The number of imidazole rings is 4. The Labute approximate surface area is 304 Å². The van der Waals surface area contributed by atoms with Crippen molar-refractivity contribution < 1.29 is 4.74 Å². The summed E-state index contributed by atoms with van der Waals surface area (Å²) in [6.45, 7) is 12.9. The average Bonchev–Trinajstić information content (AvgIpc) is 3.86. The van der Waals surface area contributed by atoms with Crippen LogP contribution in [-0.2, 0) is 10.8 Å². The van der Waals surface area contributed by atoms with Crippen molar-refractivity contribution in [3.05, 3.63) is 121 Å². The van der Waals surface area contributed by atoms with Crippen molar-refractivity contribution in [3.8, 4) is 22.9 Å². The molecule has 11 nitrogen and oxygen atoms in total. The summed E-state index contributed by atoms with van der Waals surface area (Å²) >= 11 is 0. The van der Waals surface area contributed by atoms with Crippen molar-refractivity contribution in [2.75, 3.05) is 0 Å². The number of hydrogen-bond donors (Lipinski definition) is 0. The summed E-state index contributed by atoms with van der Waals surface area (Å²) in [6, 6.07) is 32.2. The fourth-order valence-corrected chi connectivity index (χ4v) is 7.00. The van der Waals surface area contributed by atoms with Gasteiger partial charge in [0, 0.05) is 23.0 Å². The summed E-state index contributed by atoms with van der Waals surface area (Å²) in [5.41, 5.74) is 9.84. The van der Waals surface area contributed by atoms with Crippen LogP contribution in [0.5, 0.6) is 11.5 Å². The van der Waals surface area contributed by atoms with E-state index in [4.69, 9.17) is 34.6 Å². The van der Waals surface area contributed by atoms with Gasteiger partial charge in [-0.15, -0.1) is 0 Å². The maximum Gasteiger partial charge on any atom is 0.223 e. The summed E-state index contributed by atoms with van der Waals surface area (Å²) in [7, 11) is 0. The fraction of sp³-hybridized carbons (Fsp3) is 0.190. The topological polar surface area (TPSA) is 105 Å². The maximum atomic E-state index is 6.62. The van der Waals surface area contributed by atoms with E-state index in [1.165, 1.54) is 0 Å². The lowest BCUT2D eigenvalue weighted by molar-refractivity contribution is 0.482. The third-order valence-corrected chi connectivity index (χ3v) is 9.73. The van der Waals surface area contributed by atoms with Gasteiger partial charge in [-0.3, -0.25) is 17.9 Å². The Balaban J connectivity index is 1.11. The van der Waals surface area contributed by atoms with Crippen LogP contribution < -0.4 is 4.74 Å². The minimum absolute atomic E-state index is 0.184. The molecule has 11 heteroatoms. The lowest BCUT2D eigenvalue weighted by Gasteiger charge is -2.17. The molecule has 0 saturated carbocycles. The molecule has 0 fully saturated rings. The van der Waals surface area contributed by atoms with Crippen LogP contribution in [0.15, 0.2) is 109 Å². The Kier molecular flexibility index (Phi) is 6.43. The second-order valence-electron chi connectivity index (χ2n) is 15.5. The number of rotatable bonds is 4. The van der Waals surface area contributed by atoms with E-state index in [-0.39, 0.29) is 10.8 Å². The van der Waals surface area contributed by atoms with Crippen molar-refractivity contribution in [1.29, 1.82) is 0 Å². The summed E-state index contributed by atoms with van der Waals surface area (Å²) < 4.78 is 14.9. The molecule has 0 N–H and O–H groups in total. The monoisotopic (exact) mass is 696 g/mol. The highest BCUT2D eigenvalue weighted by atomic mass is 16.5. The summed E-state index contributed by atoms with van der Waals surface area (Å²) in [5.74, 6) is 2.80. The molecule has 0 aliphatic rings. The van der Waals surface area contributed by atoms with Crippen LogP contribution in [0.4, 0.5) is 0 Å². The van der Waals surface area contributed by atoms with Crippen molar-refractivity contribution in [1.82, 2.24) is 47.8 Å². The molecule has 4 aromatic carbocycles. The molecule has 0 aliphatic carbocycles. The van der Waals surface area contributed by atoms with E-state index in [1.54, 1.807) is 0 Å². The molecule has 0 saturated heterocycles.